The van der Waals surface area contributed by atoms with Gasteiger partial charge in [0, 0.05) is 17.5 Å². The second-order valence-electron chi connectivity index (χ2n) is 3.83. The highest BCUT2D eigenvalue weighted by molar-refractivity contribution is 5.82. The number of ether oxygens (including phenoxy) is 1. The fourth-order valence-corrected chi connectivity index (χ4v) is 1.32. The molecule has 0 aliphatic carbocycles. The summed E-state index contributed by atoms with van der Waals surface area (Å²) in [5.41, 5.74) is 2.48. The molecule has 0 radical (unpaired) electrons. The monoisotopic (exact) mass is 231 g/mol. The predicted molar refractivity (Wildman–Crippen MR) is 67.9 cm³/mol. The van der Waals surface area contributed by atoms with Crippen molar-refractivity contribution in [2.24, 2.45) is 0 Å². The molecule has 1 aromatic rings. The normalized spacial score (nSPS) is 10.8. The Kier molecular flexibility index (Phi) is 5.01. The van der Waals surface area contributed by atoms with E-state index in [-0.39, 0.29) is 12.6 Å². The molecule has 0 spiro atoms. The minimum Gasteiger partial charge on any atom is -0.458 e. The summed E-state index contributed by atoms with van der Waals surface area (Å²) in [4.78, 5) is 11.4. The highest BCUT2D eigenvalue weighted by Gasteiger charge is 2.00. The lowest BCUT2D eigenvalue weighted by atomic mass is 10.2. The van der Waals surface area contributed by atoms with Crippen LogP contribution in [0.2, 0.25) is 0 Å². The number of nitrogens with one attached hydrogen (secondary N) is 1. The molecule has 3 nitrogen and oxygen atoms in total. The number of allylic oxidation sites excluding steroid dienone is 2. The molecular formula is C14H17NO2. The highest BCUT2D eigenvalue weighted by Crippen LogP contribution is 2.01. The molecule has 3 heteroatoms. The molecule has 0 aromatic heterocycles. The van der Waals surface area contributed by atoms with Gasteiger partial charge in [0.25, 0.3) is 0 Å². The lowest BCUT2D eigenvalue weighted by Crippen LogP contribution is -2.10. The minimum atomic E-state index is -0.361. The molecule has 1 rings (SSSR count). The first-order valence-corrected chi connectivity index (χ1v) is 5.39. The fourth-order valence-electron chi connectivity index (χ4n) is 1.32. The molecule has 0 atom stereocenters. The van der Waals surface area contributed by atoms with Crippen LogP contribution >= 0.6 is 0 Å². The van der Waals surface area contributed by atoms with Crippen molar-refractivity contribution in [3.63, 3.8) is 0 Å². The molecule has 0 amide bonds. The smallest absolute Gasteiger partial charge is 0.332 e. The van der Waals surface area contributed by atoms with Crippen molar-refractivity contribution in [2.45, 2.75) is 20.5 Å². The van der Waals surface area contributed by atoms with Crippen molar-refractivity contribution in [1.82, 2.24) is 5.32 Å². The highest BCUT2D eigenvalue weighted by atomic mass is 16.5. The Morgan fingerprint density at radius 1 is 1.35 bits per heavy atom. The van der Waals surface area contributed by atoms with Crippen molar-refractivity contribution in [2.75, 3.05) is 0 Å². The van der Waals surface area contributed by atoms with Gasteiger partial charge in [-0.2, -0.15) is 0 Å². The molecule has 0 fully saturated rings. The molecule has 0 aliphatic rings. The van der Waals surface area contributed by atoms with Gasteiger partial charge in [0.2, 0.25) is 0 Å². The summed E-state index contributed by atoms with van der Waals surface area (Å²) in [6, 6.07) is 9.57. The number of rotatable bonds is 5. The van der Waals surface area contributed by atoms with Crippen LogP contribution in [0.15, 0.2) is 54.4 Å². The first-order chi connectivity index (χ1) is 8.08. The molecule has 0 saturated carbocycles. The molecule has 0 heterocycles. The summed E-state index contributed by atoms with van der Waals surface area (Å²) < 4.78 is 5.10. The Morgan fingerprint density at radius 2 is 2.00 bits per heavy atom. The van der Waals surface area contributed by atoms with Gasteiger partial charge in [-0.25, -0.2) is 4.79 Å². The SMILES string of the molecule is C=C(C)N/C(C)=C\C(=O)OCc1ccccc1. The van der Waals surface area contributed by atoms with E-state index in [1.165, 1.54) is 6.08 Å². The van der Waals surface area contributed by atoms with Crippen LogP contribution in [0.5, 0.6) is 0 Å². The Hall–Kier alpha value is -2.03. The lowest BCUT2D eigenvalue weighted by Gasteiger charge is -2.05. The van der Waals surface area contributed by atoms with E-state index in [9.17, 15) is 4.79 Å². The van der Waals surface area contributed by atoms with Gasteiger partial charge < -0.3 is 10.1 Å². The van der Waals surface area contributed by atoms with Gasteiger partial charge in [0.1, 0.15) is 6.61 Å². The van der Waals surface area contributed by atoms with E-state index in [4.69, 9.17) is 4.74 Å². The number of carbonyl (C=O) groups is 1. The number of esters is 1. The summed E-state index contributed by atoms with van der Waals surface area (Å²) in [6.07, 6.45) is 1.41. The largest absolute Gasteiger partial charge is 0.458 e. The Bertz CT molecular complexity index is 421. The van der Waals surface area contributed by atoms with Crippen LogP contribution in [-0.4, -0.2) is 5.97 Å². The van der Waals surface area contributed by atoms with Gasteiger partial charge in [0.15, 0.2) is 0 Å². The fraction of sp³-hybridized carbons (Fsp3) is 0.214. The molecule has 0 unspecified atom stereocenters. The standard InChI is InChI=1S/C14H17NO2/c1-11(2)15-12(3)9-14(16)17-10-13-7-5-4-6-8-13/h4-9,15H,1,10H2,2-3H3/b12-9-. The summed E-state index contributed by atoms with van der Waals surface area (Å²) in [7, 11) is 0. The minimum absolute atomic E-state index is 0.288. The van der Waals surface area contributed by atoms with Crippen LogP contribution in [0.4, 0.5) is 0 Å². The van der Waals surface area contributed by atoms with Crippen LogP contribution in [-0.2, 0) is 16.1 Å². The van der Waals surface area contributed by atoms with E-state index in [2.05, 4.69) is 11.9 Å². The van der Waals surface area contributed by atoms with Gasteiger partial charge in [-0.15, -0.1) is 0 Å². The zero-order chi connectivity index (χ0) is 12.7. The molecule has 90 valence electrons. The molecule has 1 aromatic carbocycles. The zero-order valence-electron chi connectivity index (χ0n) is 10.2. The maximum Gasteiger partial charge on any atom is 0.332 e. The number of hydrogen-bond acceptors (Lipinski definition) is 3. The van der Waals surface area contributed by atoms with Crippen molar-refractivity contribution >= 4 is 5.97 Å². The van der Waals surface area contributed by atoms with Crippen molar-refractivity contribution in [3.05, 3.63) is 59.9 Å². The number of carbonyl (C=O) groups excluding carboxylic acids is 1. The average molecular weight is 231 g/mol. The third-order valence-electron chi connectivity index (χ3n) is 1.97. The van der Waals surface area contributed by atoms with E-state index in [0.29, 0.717) is 0 Å². The quantitative estimate of drug-likeness (QED) is 0.625. The van der Waals surface area contributed by atoms with Gasteiger partial charge in [-0.3, -0.25) is 0 Å². The summed E-state index contributed by atoms with van der Waals surface area (Å²) in [6.45, 7) is 7.60. The second-order valence-corrected chi connectivity index (χ2v) is 3.83. The van der Waals surface area contributed by atoms with E-state index >= 15 is 0 Å². The molecule has 0 bridgehead atoms. The molecule has 17 heavy (non-hydrogen) atoms. The Balaban J connectivity index is 2.43. The maximum atomic E-state index is 11.4. The van der Waals surface area contributed by atoms with Gasteiger partial charge >= 0.3 is 5.97 Å². The van der Waals surface area contributed by atoms with Crippen LogP contribution in [0, 0.1) is 0 Å². The predicted octanol–water partition coefficient (Wildman–Crippen LogP) is 2.76. The van der Waals surface area contributed by atoms with Crippen LogP contribution < -0.4 is 5.32 Å². The Morgan fingerprint density at radius 3 is 2.59 bits per heavy atom. The molecule has 1 N–H and O–H groups in total. The third-order valence-corrected chi connectivity index (χ3v) is 1.97. The van der Waals surface area contributed by atoms with Crippen molar-refractivity contribution in [3.8, 4) is 0 Å². The van der Waals surface area contributed by atoms with Crippen molar-refractivity contribution < 1.29 is 9.53 Å². The van der Waals surface area contributed by atoms with Gasteiger partial charge in [-0.05, 0) is 19.4 Å². The summed E-state index contributed by atoms with van der Waals surface area (Å²) in [5.74, 6) is -0.361. The van der Waals surface area contributed by atoms with E-state index in [0.717, 1.165) is 17.0 Å². The summed E-state index contributed by atoms with van der Waals surface area (Å²) in [5, 5.41) is 2.94. The van der Waals surface area contributed by atoms with Crippen molar-refractivity contribution in [1.29, 1.82) is 0 Å². The van der Waals surface area contributed by atoms with E-state index in [1.54, 1.807) is 6.92 Å². The van der Waals surface area contributed by atoms with E-state index in [1.807, 2.05) is 37.3 Å². The Labute approximate surface area is 102 Å². The zero-order valence-corrected chi connectivity index (χ0v) is 10.2. The molecule has 0 saturated heterocycles. The summed E-state index contributed by atoms with van der Waals surface area (Å²) >= 11 is 0. The van der Waals surface area contributed by atoms with Crippen LogP contribution in [0.25, 0.3) is 0 Å². The molecular weight excluding hydrogens is 214 g/mol. The first-order valence-electron chi connectivity index (χ1n) is 5.39. The van der Waals surface area contributed by atoms with Crippen LogP contribution in [0.3, 0.4) is 0 Å². The van der Waals surface area contributed by atoms with Gasteiger partial charge in [0.05, 0.1) is 0 Å². The number of hydrogen-bond donors (Lipinski definition) is 1. The molecule has 0 aliphatic heterocycles. The van der Waals surface area contributed by atoms with E-state index < -0.39 is 0 Å². The maximum absolute atomic E-state index is 11.4. The topological polar surface area (TPSA) is 38.3 Å². The lowest BCUT2D eigenvalue weighted by molar-refractivity contribution is -0.139. The second kappa shape index (κ2) is 6.53. The average Bonchev–Trinajstić information content (AvgIpc) is 2.26. The third kappa shape index (κ3) is 5.56. The van der Waals surface area contributed by atoms with Gasteiger partial charge in [-0.1, -0.05) is 36.9 Å². The first kappa shape index (κ1) is 13.0. The van der Waals surface area contributed by atoms with Crippen LogP contribution in [0.1, 0.15) is 19.4 Å². The number of benzene rings is 1.